The number of methoxy groups -OCH3 is 3. The molecule has 3 rings (SSSR count). The van der Waals surface area contributed by atoms with E-state index in [1.54, 1.807) is 43.3 Å². The zero-order chi connectivity index (χ0) is 21.8. The number of anilines is 1. The summed E-state index contributed by atoms with van der Waals surface area (Å²) in [6.07, 6.45) is 0. The summed E-state index contributed by atoms with van der Waals surface area (Å²) in [6.45, 7) is 1.79. The van der Waals surface area contributed by atoms with E-state index < -0.39 is 6.04 Å². The van der Waals surface area contributed by atoms with Gasteiger partial charge in [0.2, 0.25) is 5.75 Å². The SMILES string of the molecule is COc1cc(C2NC(=S)NC(C)=C2C(=O)Nc2ccccc2Cl)cc(OC)c1OC. The van der Waals surface area contributed by atoms with Crippen molar-refractivity contribution in [2.75, 3.05) is 26.6 Å². The number of nitrogens with one attached hydrogen (secondary N) is 3. The summed E-state index contributed by atoms with van der Waals surface area (Å²) in [5.74, 6) is 1.09. The molecule has 0 saturated carbocycles. The largest absolute Gasteiger partial charge is 0.493 e. The van der Waals surface area contributed by atoms with Crippen molar-refractivity contribution in [3.63, 3.8) is 0 Å². The Kier molecular flexibility index (Phi) is 6.69. The smallest absolute Gasteiger partial charge is 0.255 e. The fourth-order valence-corrected chi connectivity index (χ4v) is 3.72. The molecule has 0 radical (unpaired) electrons. The average molecular weight is 448 g/mol. The third kappa shape index (κ3) is 4.29. The van der Waals surface area contributed by atoms with Gasteiger partial charge in [-0.05, 0) is 49.0 Å². The number of hydrogen-bond donors (Lipinski definition) is 3. The number of para-hydroxylation sites is 1. The Morgan fingerprint density at radius 2 is 1.73 bits per heavy atom. The van der Waals surface area contributed by atoms with Crippen LogP contribution in [0.2, 0.25) is 5.02 Å². The molecular weight excluding hydrogens is 426 g/mol. The standard InChI is InChI=1S/C21H22ClN3O4S/c1-11-17(20(26)24-14-8-6-5-7-13(14)22)18(25-21(30)23-11)12-9-15(27-2)19(29-4)16(10-12)28-3/h5-10,18H,1-4H3,(H,24,26)(H2,23,25,30). The molecule has 1 unspecified atom stereocenters. The van der Waals surface area contributed by atoms with Gasteiger partial charge in [-0.15, -0.1) is 0 Å². The van der Waals surface area contributed by atoms with Gasteiger partial charge in [-0.25, -0.2) is 0 Å². The maximum absolute atomic E-state index is 13.2. The number of carbonyl (C=O) groups is 1. The van der Waals surface area contributed by atoms with E-state index in [4.69, 9.17) is 38.0 Å². The number of benzene rings is 2. The highest BCUT2D eigenvalue weighted by atomic mass is 35.5. The van der Waals surface area contributed by atoms with Crippen LogP contribution in [-0.4, -0.2) is 32.3 Å². The highest BCUT2D eigenvalue weighted by molar-refractivity contribution is 7.80. The van der Waals surface area contributed by atoms with E-state index in [1.807, 2.05) is 0 Å². The second-order valence-corrected chi connectivity index (χ2v) is 7.28. The van der Waals surface area contributed by atoms with Crippen LogP contribution < -0.4 is 30.2 Å². The molecule has 1 atom stereocenters. The molecule has 30 heavy (non-hydrogen) atoms. The van der Waals surface area contributed by atoms with Gasteiger partial charge in [-0.1, -0.05) is 23.7 Å². The lowest BCUT2D eigenvalue weighted by atomic mass is 9.94. The van der Waals surface area contributed by atoms with E-state index in [0.29, 0.717) is 44.3 Å². The number of ether oxygens (including phenoxy) is 3. The Morgan fingerprint density at radius 3 is 2.30 bits per heavy atom. The molecule has 0 saturated heterocycles. The number of hydrogen-bond acceptors (Lipinski definition) is 5. The Hall–Kier alpha value is -2.97. The third-order valence-electron chi connectivity index (χ3n) is 4.66. The molecule has 9 heteroatoms. The van der Waals surface area contributed by atoms with Crippen molar-refractivity contribution in [3.8, 4) is 17.2 Å². The van der Waals surface area contributed by atoms with E-state index in [9.17, 15) is 4.79 Å². The summed E-state index contributed by atoms with van der Waals surface area (Å²) in [5.41, 5.74) is 2.32. The van der Waals surface area contributed by atoms with Crippen molar-refractivity contribution in [3.05, 3.63) is 58.3 Å². The maximum Gasteiger partial charge on any atom is 0.255 e. The van der Waals surface area contributed by atoms with Crippen LogP contribution in [-0.2, 0) is 4.79 Å². The average Bonchev–Trinajstić information content (AvgIpc) is 2.73. The van der Waals surface area contributed by atoms with Crippen molar-refractivity contribution in [1.82, 2.24) is 10.6 Å². The number of thiocarbonyl (C=S) groups is 1. The van der Waals surface area contributed by atoms with Gasteiger partial charge in [0, 0.05) is 5.70 Å². The van der Waals surface area contributed by atoms with Crippen LogP contribution in [0.25, 0.3) is 0 Å². The van der Waals surface area contributed by atoms with Gasteiger partial charge in [-0.3, -0.25) is 4.79 Å². The molecule has 3 N–H and O–H groups in total. The molecule has 1 aliphatic heterocycles. The Labute approximate surface area is 185 Å². The number of halogens is 1. The van der Waals surface area contributed by atoms with E-state index in [0.717, 1.165) is 5.56 Å². The number of allylic oxidation sites excluding steroid dienone is 1. The Bertz CT molecular complexity index is 1000. The first-order chi connectivity index (χ1) is 14.4. The maximum atomic E-state index is 13.2. The molecule has 0 spiro atoms. The van der Waals surface area contributed by atoms with Gasteiger partial charge in [0.05, 0.1) is 43.7 Å². The van der Waals surface area contributed by atoms with Gasteiger partial charge in [0.1, 0.15) is 0 Å². The lowest BCUT2D eigenvalue weighted by molar-refractivity contribution is -0.113. The first-order valence-electron chi connectivity index (χ1n) is 9.03. The van der Waals surface area contributed by atoms with Gasteiger partial charge in [0.25, 0.3) is 5.91 Å². The Balaban J connectivity index is 2.06. The van der Waals surface area contributed by atoms with Gasteiger partial charge in [-0.2, -0.15) is 0 Å². The second-order valence-electron chi connectivity index (χ2n) is 6.46. The minimum Gasteiger partial charge on any atom is -0.493 e. The minimum absolute atomic E-state index is 0.318. The van der Waals surface area contributed by atoms with E-state index in [2.05, 4.69) is 16.0 Å². The third-order valence-corrected chi connectivity index (χ3v) is 5.21. The molecule has 0 aliphatic carbocycles. The van der Waals surface area contributed by atoms with Crippen molar-refractivity contribution in [2.45, 2.75) is 13.0 Å². The lowest BCUT2D eigenvalue weighted by Gasteiger charge is -2.31. The quantitative estimate of drug-likeness (QED) is 0.581. The molecule has 158 valence electrons. The fraction of sp³-hybridized carbons (Fsp3) is 0.238. The van der Waals surface area contributed by atoms with Crippen LogP contribution in [0, 0.1) is 0 Å². The molecule has 2 aromatic rings. The molecule has 2 aromatic carbocycles. The van der Waals surface area contributed by atoms with Crippen LogP contribution in [0.1, 0.15) is 18.5 Å². The molecular formula is C21H22ClN3O4S. The highest BCUT2D eigenvalue weighted by Crippen LogP contribution is 2.41. The first-order valence-corrected chi connectivity index (χ1v) is 9.82. The number of carbonyl (C=O) groups excluding carboxylic acids is 1. The zero-order valence-corrected chi connectivity index (χ0v) is 18.5. The molecule has 1 heterocycles. The predicted molar refractivity (Wildman–Crippen MR) is 120 cm³/mol. The van der Waals surface area contributed by atoms with E-state index in [1.165, 1.54) is 21.3 Å². The second kappa shape index (κ2) is 9.23. The fourth-order valence-electron chi connectivity index (χ4n) is 3.27. The van der Waals surface area contributed by atoms with E-state index in [-0.39, 0.29) is 5.91 Å². The van der Waals surface area contributed by atoms with E-state index >= 15 is 0 Å². The van der Waals surface area contributed by atoms with Gasteiger partial charge >= 0.3 is 0 Å². The summed E-state index contributed by atoms with van der Waals surface area (Å²) in [5, 5.41) is 9.87. The highest BCUT2D eigenvalue weighted by Gasteiger charge is 2.31. The summed E-state index contributed by atoms with van der Waals surface area (Å²) in [7, 11) is 4.60. The summed E-state index contributed by atoms with van der Waals surface area (Å²) < 4.78 is 16.3. The molecule has 7 nitrogen and oxygen atoms in total. The van der Waals surface area contributed by atoms with Gasteiger partial charge < -0.3 is 30.2 Å². The lowest BCUT2D eigenvalue weighted by Crippen LogP contribution is -2.45. The van der Waals surface area contributed by atoms with Crippen molar-refractivity contribution in [1.29, 1.82) is 0 Å². The Morgan fingerprint density at radius 1 is 1.10 bits per heavy atom. The molecule has 0 bridgehead atoms. The zero-order valence-electron chi connectivity index (χ0n) is 17.0. The van der Waals surface area contributed by atoms with Crippen LogP contribution in [0.3, 0.4) is 0 Å². The summed E-state index contributed by atoms with van der Waals surface area (Å²) >= 11 is 11.5. The normalized spacial score (nSPS) is 15.8. The monoisotopic (exact) mass is 447 g/mol. The molecule has 0 fully saturated rings. The molecule has 1 amide bonds. The molecule has 0 aromatic heterocycles. The van der Waals surface area contributed by atoms with Crippen molar-refractivity contribution < 1.29 is 19.0 Å². The van der Waals surface area contributed by atoms with Crippen molar-refractivity contribution >= 4 is 40.5 Å². The summed E-state index contributed by atoms with van der Waals surface area (Å²) in [4.78, 5) is 13.2. The first kappa shape index (κ1) is 21.7. The van der Waals surface area contributed by atoms with Crippen molar-refractivity contribution in [2.24, 2.45) is 0 Å². The number of rotatable bonds is 6. The van der Waals surface area contributed by atoms with Crippen LogP contribution >= 0.6 is 23.8 Å². The van der Waals surface area contributed by atoms with Crippen LogP contribution in [0.4, 0.5) is 5.69 Å². The summed E-state index contributed by atoms with van der Waals surface area (Å²) in [6, 6.07) is 10.1. The number of amides is 1. The van der Waals surface area contributed by atoms with Crippen LogP contribution in [0.15, 0.2) is 47.7 Å². The molecule has 1 aliphatic rings. The van der Waals surface area contributed by atoms with Gasteiger partial charge in [0.15, 0.2) is 16.6 Å². The predicted octanol–water partition coefficient (Wildman–Crippen LogP) is 3.80. The van der Waals surface area contributed by atoms with Crippen LogP contribution in [0.5, 0.6) is 17.2 Å². The minimum atomic E-state index is -0.546. The topological polar surface area (TPSA) is 80.9 Å².